The fourth-order valence-corrected chi connectivity index (χ4v) is 3.34. The van der Waals surface area contributed by atoms with Crippen LogP contribution in [-0.2, 0) is 21.4 Å². The van der Waals surface area contributed by atoms with Gasteiger partial charge in [0.05, 0.1) is 10.8 Å². The van der Waals surface area contributed by atoms with Crippen molar-refractivity contribution in [3.63, 3.8) is 0 Å². The maximum atomic E-state index is 12.5. The van der Waals surface area contributed by atoms with Crippen molar-refractivity contribution in [2.24, 2.45) is 5.92 Å². The molecule has 0 spiro atoms. The van der Waals surface area contributed by atoms with Gasteiger partial charge in [-0.3, -0.25) is 9.59 Å². The molecule has 0 fully saturated rings. The van der Waals surface area contributed by atoms with E-state index in [-0.39, 0.29) is 23.5 Å². The molecule has 1 atom stereocenters. The van der Waals surface area contributed by atoms with Gasteiger partial charge in [0, 0.05) is 18.7 Å². The number of hydrogen-bond acceptors (Lipinski definition) is 4. The van der Waals surface area contributed by atoms with Gasteiger partial charge in [0.15, 0.2) is 0 Å². The highest BCUT2D eigenvalue weighted by atomic mass is 32.2. The molecule has 0 radical (unpaired) electrons. The quantitative estimate of drug-likeness (QED) is 0.637. The van der Waals surface area contributed by atoms with Crippen LogP contribution < -0.4 is 10.0 Å². The van der Waals surface area contributed by atoms with Gasteiger partial charge in [-0.2, -0.15) is 0 Å². The molecule has 0 aliphatic rings. The highest BCUT2D eigenvalue weighted by Gasteiger charge is 2.19. The van der Waals surface area contributed by atoms with Crippen LogP contribution in [0.2, 0.25) is 0 Å². The van der Waals surface area contributed by atoms with E-state index in [0.29, 0.717) is 5.56 Å². The van der Waals surface area contributed by atoms with Crippen molar-refractivity contribution in [2.45, 2.75) is 25.3 Å². The fraction of sp³-hybridized carbons (Fsp3) is 0.263. The first-order valence-corrected chi connectivity index (χ1v) is 9.84. The minimum Gasteiger partial charge on any atom is -0.481 e. The van der Waals surface area contributed by atoms with Crippen molar-refractivity contribution in [2.75, 3.05) is 6.54 Å². The number of benzene rings is 2. The lowest BCUT2D eigenvalue weighted by Gasteiger charge is -2.12. The summed E-state index contributed by atoms with van der Waals surface area (Å²) >= 11 is 0. The molecule has 8 heteroatoms. The van der Waals surface area contributed by atoms with Crippen LogP contribution in [0.15, 0.2) is 53.4 Å². The van der Waals surface area contributed by atoms with Crippen LogP contribution in [0.5, 0.6) is 0 Å². The van der Waals surface area contributed by atoms with E-state index in [1.807, 2.05) is 18.2 Å². The van der Waals surface area contributed by atoms with Crippen molar-refractivity contribution >= 4 is 21.9 Å². The summed E-state index contributed by atoms with van der Waals surface area (Å²) in [5.41, 5.74) is 1.60. The van der Waals surface area contributed by atoms with Crippen LogP contribution in [0.4, 0.5) is 0 Å². The highest BCUT2D eigenvalue weighted by Crippen LogP contribution is 2.16. The lowest BCUT2D eigenvalue weighted by Crippen LogP contribution is -2.32. The van der Waals surface area contributed by atoms with Crippen molar-refractivity contribution in [3.05, 3.63) is 65.2 Å². The van der Waals surface area contributed by atoms with Crippen LogP contribution >= 0.6 is 0 Å². The molecule has 2 aromatic rings. The molecule has 0 bridgehead atoms. The number of carbonyl (C=O) groups excluding carboxylic acids is 1. The van der Waals surface area contributed by atoms with Crippen LogP contribution in [0.3, 0.4) is 0 Å². The average molecular weight is 390 g/mol. The molecule has 7 nitrogen and oxygen atoms in total. The first-order chi connectivity index (χ1) is 12.7. The zero-order valence-corrected chi connectivity index (χ0v) is 15.9. The third kappa shape index (κ3) is 5.63. The number of carboxylic acid groups (broad SMARTS) is 1. The smallest absolute Gasteiger partial charge is 0.308 e. The number of aliphatic carboxylic acids is 1. The predicted octanol–water partition coefficient (Wildman–Crippen LogP) is 1.92. The SMILES string of the molecule is Cc1ccc(S(=O)(=O)NCc2ccccc2)cc1C(=O)NCC(C)C(=O)O. The van der Waals surface area contributed by atoms with E-state index >= 15 is 0 Å². The zero-order valence-electron chi connectivity index (χ0n) is 15.1. The highest BCUT2D eigenvalue weighted by molar-refractivity contribution is 7.89. The molecule has 0 aliphatic carbocycles. The monoisotopic (exact) mass is 390 g/mol. The van der Waals surface area contributed by atoms with Gasteiger partial charge in [-0.05, 0) is 30.2 Å². The van der Waals surface area contributed by atoms with Crippen LogP contribution in [0.25, 0.3) is 0 Å². The van der Waals surface area contributed by atoms with E-state index in [9.17, 15) is 18.0 Å². The number of rotatable bonds is 8. The minimum atomic E-state index is -3.80. The van der Waals surface area contributed by atoms with E-state index in [0.717, 1.165) is 5.56 Å². The maximum Gasteiger partial charge on any atom is 0.308 e. The molecule has 2 rings (SSSR count). The molecule has 1 unspecified atom stereocenters. The average Bonchev–Trinajstić information content (AvgIpc) is 2.65. The summed E-state index contributed by atoms with van der Waals surface area (Å²) in [6.07, 6.45) is 0. The lowest BCUT2D eigenvalue weighted by molar-refractivity contribution is -0.140. The number of carbonyl (C=O) groups is 2. The van der Waals surface area contributed by atoms with Crippen LogP contribution in [0, 0.1) is 12.8 Å². The second-order valence-corrected chi connectivity index (χ2v) is 8.00. The molecule has 1 amide bonds. The second-order valence-electron chi connectivity index (χ2n) is 6.24. The summed E-state index contributed by atoms with van der Waals surface area (Å²) in [6, 6.07) is 13.4. The molecule has 2 aromatic carbocycles. The van der Waals surface area contributed by atoms with Gasteiger partial charge in [-0.15, -0.1) is 0 Å². The van der Waals surface area contributed by atoms with E-state index in [1.54, 1.807) is 25.1 Å². The Morgan fingerprint density at radius 1 is 1.11 bits per heavy atom. The maximum absolute atomic E-state index is 12.5. The number of nitrogens with one attached hydrogen (secondary N) is 2. The topological polar surface area (TPSA) is 113 Å². The molecular weight excluding hydrogens is 368 g/mol. The third-order valence-electron chi connectivity index (χ3n) is 4.06. The fourth-order valence-electron chi connectivity index (χ4n) is 2.30. The van der Waals surface area contributed by atoms with Crippen LogP contribution in [-0.4, -0.2) is 31.9 Å². The lowest BCUT2D eigenvalue weighted by atomic mass is 10.1. The van der Waals surface area contributed by atoms with Gasteiger partial charge >= 0.3 is 5.97 Å². The molecule has 0 saturated heterocycles. The minimum absolute atomic E-state index is 0.0273. The molecule has 3 N–H and O–H groups in total. The largest absolute Gasteiger partial charge is 0.481 e. The Hall–Kier alpha value is -2.71. The number of sulfonamides is 1. The Morgan fingerprint density at radius 2 is 1.78 bits per heavy atom. The van der Waals surface area contributed by atoms with Crippen molar-refractivity contribution in [1.82, 2.24) is 10.0 Å². The van der Waals surface area contributed by atoms with E-state index in [1.165, 1.54) is 19.1 Å². The molecule has 0 saturated carbocycles. The Morgan fingerprint density at radius 3 is 2.41 bits per heavy atom. The van der Waals surface area contributed by atoms with Gasteiger partial charge in [0.25, 0.3) is 5.91 Å². The van der Waals surface area contributed by atoms with Gasteiger partial charge < -0.3 is 10.4 Å². The van der Waals surface area contributed by atoms with Gasteiger partial charge in [0.2, 0.25) is 10.0 Å². The van der Waals surface area contributed by atoms with E-state index in [2.05, 4.69) is 10.0 Å². The number of aryl methyl sites for hydroxylation is 1. The molecule has 0 aliphatic heterocycles. The zero-order chi connectivity index (χ0) is 20.0. The third-order valence-corrected chi connectivity index (χ3v) is 5.46. The molecule has 0 heterocycles. The Balaban J connectivity index is 2.15. The van der Waals surface area contributed by atoms with E-state index in [4.69, 9.17) is 5.11 Å². The summed E-state index contributed by atoms with van der Waals surface area (Å²) in [5.74, 6) is -2.28. The van der Waals surface area contributed by atoms with Gasteiger partial charge in [-0.1, -0.05) is 43.3 Å². The van der Waals surface area contributed by atoms with Crippen molar-refractivity contribution in [3.8, 4) is 0 Å². The predicted molar refractivity (Wildman–Crippen MR) is 101 cm³/mol. The molecule has 144 valence electrons. The number of carboxylic acids is 1. The van der Waals surface area contributed by atoms with Gasteiger partial charge in [-0.25, -0.2) is 13.1 Å². The van der Waals surface area contributed by atoms with E-state index < -0.39 is 27.8 Å². The Kier molecular flexibility index (Phi) is 6.70. The van der Waals surface area contributed by atoms with Crippen molar-refractivity contribution < 1.29 is 23.1 Å². The normalized spacial score (nSPS) is 12.4. The Labute approximate surface area is 158 Å². The first kappa shape index (κ1) is 20.6. The summed E-state index contributed by atoms with van der Waals surface area (Å²) in [5, 5.41) is 11.4. The summed E-state index contributed by atoms with van der Waals surface area (Å²) in [4.78, 5) is 23.2. The standard InChI is InChI=1S/C19H22N2O5S/c1-13-8-9-16(10-17(13)18(22)20-11-14(2)19(23)24)27(25,26)21-12-15-6-4-3-5-7-15/h3-10,14,21H,11-12H2,1-2H3,(H,20,22)(H,23,24). The first-order valence-electron chi connectivity index (χ1n) is 8.36. The number of hydrogen-bond donors (Lipinski definition) is 3. The summed E-state index contributed by atoms with van der Waals surface area (Å²) in [6.45, 7) is 3.25. The summed E-state index contributed by atoms with van der Waals surface area (Å²) in [7, 11) is -3.80. The summed E-state index contributed by atoms with van der Waals surface area (Å²) < 4.78 is 27.6. The van der Waals surface area contributed by atoms with Crippen molar-refractivity contribution in [1.29, 1.82) is 0 Å². The Bertz CT molecular complexity index is 926. The number of amides is 1. The second kappa shape index (κ2) is 8.79. The molecule has 0 aromatic heterocycles. The van der Waals surface area contributed by atoms with Crippen LogP contribution in [0.1, 0.15) is 28.4 Å². The molecule has 27 heavy (non-hydrogen) atoms. The van der Waals surface area contributed by atoms with Gasteiger partial charge in [0.1, 0.15) is 0 Å². The molecular formula is C19H22N2O5S.